The maximum atomic E-state index is 11.6. The minimum atomic E-state index is -0.312. The van der Waals surface area contributed by atoms with Crippen LogP contribution in [-0.2, 0) is 9.59 Å². The van der Waals surface area contributed by atoms with Crippen molar-refractivity contribution >= 4 is 28.9 Å². The van der Waals surface area contributed by atoms with Gasteiger partial charge in [-0.05, 0) is 18.1 Å². The van der Waals surface area contributed by atoms with Gasteiger partial charge in [0, 0.05) is 11.8 Å². The third-order valence-electron chi connectivity index (χ3n) is 2.48. The smallest absolute Gasteiger partial charge is 0.244 e. The van der Waals surface area contributed by atoms with Crippen molar-refractivity contribution < 1.29 is 9.59 Å². The van der Waals surface area contributed by atoms with Gasteiger partial charge in [0.25, 0.3) is 0 Å². The standard InChI is InChI=1S/C13H13NO2S/c15-12(14-11-8-9-17-13(11)16)7-6-10-4-2-1-3-5-10/h1-7,11H,8-9H2,(H,14,15)/b7-6+/t11-/m1/s1. The summed E-state index contributed by atoms with van der Waals surface area (Å²) < 4.78 is 0. The lowest BCUT2D eigenvalue weighted by molar-refractivity contribution is -0.120. The zero-order valence-corrected chi connectivity index (χ0v) is 10.1. The lowest BCUT2D eigenvalue weighted by Crippen LogP contribution is -2.35. The number of thioether (sulfide) groups is 1. The summed E-state index contributed by atoms with van der Waals surface area (Å²) >= 11 is 1.28. The molecule has 4 heteroatoms. The van der Waals surface area contributed by atoms with E-state index in [4.69, 9.17) is 0 Å². The van der Waals surface area contributed by atoms with Gasteiger partial charge in [-0.15, -0.1) is 0 Å². The molecule has 88 valence electrons. The van der Waals surface area contributed by atoms with Gasteiger partial charge in [-0.1, -0.05) is 42.1 Å². The summed E-state index contributed by atoms with van der Waals surface area (Å²) in [7, 11) is 0. The van der Waals surface area contributed by atoms with E-state index < -0.39 is 0 Å². The summed E-state index contributed by atoms with van der Waals surface area (Å²) in [6.45, 7) is 0. The third kappa shape index (κ3) is 3.46. The Hall–Kier alpha value is -1.55. The number of hydrogen-bond donors (Lipinski definition) is 1. The van der Waals surface area contributed by atoms with Crippen LogP contribution in [0.15, 0.2) is 36.4 Å². The first-order chi connectivity index (χ1) is 8.25. The summed E-state index contributed by atoms with van der Waals surface area (Å²) in [5.41, 5.74) is 0.967. The van der Waals surface area contributed by atoms with E-state index in [0.717, 1.165) is 17.7 Å². The maximum Gasteiger partial charge on any atom is 0.244 e. The van der Waals surface area contributed by atoms with Crippen LogP contribution in [0, 0.1) is 0 Å². The lowest BCUT2D eigenvalue weighted by atomic mass is 10.2. The molecule has 0 spiro atoms. The molecule has 1 aliphatic rings. The quantitative estimate of drug-likeness (QED) is 0.829. The van der Waals surface area contributed by atoms with Gasteiger partial charge in [0.05, 0.1) is 6.04 Å². The summed E-state index contributed by atoms with van der Waals surface area (Å²) in [5, 5.41) is 2.76. The molecule has 0 radical (unpaired) electrons. The average molecular weight is 247 g/mol. The molecule has 0 bridgehead atoms. The minimum Gasteiger partial charge on any atom is -0.342 e. The molecular weight excluding hydrogens is 234 g/mol. The molecule has 1 atom stereocenters. The number of hydrogen-bond acceptors (Lipinski definition) is 3. The molecule has 1 aromatic rings. The predicted molar refractivity (Wildman–Crippen MR) is 69.5 cm³/mol. The predicted octanol–water partition coefficient (Wildman–Crippen LogP) is 1.85. The van der Waals surface area contributed by atoms with E-state index in [0.29, 0.717) is 0 Å². The van der Waals surface area contributed by atoms with Gasteiger partial charge in [-0.25, -0.2) is 0 Å². The molecule has 3 nitrogen and oxygen atoms in total. The second-order valence-electron chi connectivity index (χ2n) is 3.76. The van der Waals surface area contributed by atoms with Gasteiger partial charge >= 0.3 is 0 Å². The van der Waals surface area contributed by atoms with Crippen LogP contribution in [0.2, 0.25) is 0 Å². The monoisotopic (exact) mass is 247 g/mol. The molecule has 1 N–H and O–H groups in total. The molecule has 1 heterocycles. The van der Waals surface area contributed by atoms with Crippen LogP contribution >= 0.6 is 11.8 Å². The summed E-state index contributed by atoms with van der Waals surface area (Å²) in [6.07, 6.45) is 3.93. The van der Waals surface area contributed by atoms with E-state index in [1.807, 2.05) is 30.3 Å². The van der Waals surface area contributed by atoms with Gasteiger partial charge < -0.3 is 5.32 Å². The van der Waals surface area contributed by atoms with Crippen molar-refractivity contribution in [2.45, 2.75) is 12.5 Å². The Labute approximate surface area is 104 Å². The van der Waals surface area contributed by atoms with Gasteiger partial charge in [-0.3, -0.25) is 9.59 Å². The van der Waals surface area contributed by atoms with E-state index >= 15 is 0 Å². The van der Waals surface area contributed by atoms with E-state index in [2.05, 4.69) is 5.32 Å². The molecule has 1 amide bonds. The highest BCUT2D eigenvalue weighted by Crippen LogP contribution is 2.19. The fraction of sp³-hybridized carbons (Fsp3) is 0.231. The third-order valence-corrected chi connectivity index (χ3v) is 3.49. The van der Waals surface area contributed by atoms with E-state index in [-0.39, 0.29) is 17.1 Å². The van der Waals surface area contributed by atoms with Crippen LogP contribution in [-0.4, -0.2) is 22.8 Å². The van der Waals surface area contributed by atoms with Crippen molar-refractivity contribution in [3.63, 3.8) is 0 Å². The second kappa shape index (κ2) is 5.68. The molecule has 2 rings (SSSR count). The van der Waals surface area contributed by atoms with Crippen molar-refractivity contribution in [2.75, 3.05) is 5.75 Å². The fourth-order valence-electron chi connectivity index (χ4n) is 1.58. The highest BCUT2D eigenvalue weighted by Gasteiger charge is 2.25. The Morgan fingerprint density at radius 2 is 2.12 bits per heavy atom. The number of rotatable bonds is 3. The molecule has 1 aliphatic heterocycles. The average Bonchev–Trinajstić information content (AvgIpc) is 2.74. The zero-order chi connectivity index (χ0) is 12.1. The first-order valence-electron chi connectivity index (χ1n) is 5.46. The number of carbonyl (C=O) groups is 2. The van der Waals surface area contributed by atoms with Crippen molar-refractivity contribution in [3.8, 4) is 0 Å². The molecule has 0 aliphatic carbocycles. The summed E-state index contributed by atoms with van der Waals surface area (Å²) in [4.78, 5) is 22.9. The molecule has 0 aromatic heterocycles. The molecule has 0 saturated carbocycles. The van der Waals surface area contributed by atoms with Crippen molar-refractivity contribution in [1.29, 1.82) is 0 Å². The Morgan fingerprint density at radius 3 is 2.76 bits per heavy atom. The van der Waals surface area contributed by atoms with Crippen LogP contribution in [0.1, 0.15) is 12.0 Å². The minimum absolute atomic E-state index is 0.0615. The first-order valence-corrected chi connectivity index (χ1v) is 6.44. The van der Waals surface area contributed by atoms with E-state index in [1.54, 1.807) is 6.08 Å². The van der Waals surface area contributed by atoms with E-state index in [1.165, 1.54) is 17.8 Å². The zero-order valence-electron chi connectivity index (χ0n) is 9.26. The summed E-state index contributed by atoms with van der Waals surface area (Å²) in [6, 6.07) is 9.27. The number of benzene rings is 1. The SMILES string of the molecule is O=C(/C=C/c1ccccc1)N[C@@H]1CCSC1=O. The van der Waals surface area contributed by atoms with Crippen molar-refractivity contribution in [1.82, 2.24) is 5.32 Å². The Kier molecular flexibility index (Phi) is 3.98. The normalized spacial score (nSPS) is 19.8. The molecular formula is C13H13NO2S. The van der Waals surface area contributed by atoms with Crippen LogP contribution in [0.4, 0.5) is 0 Å². The van der Waals surface area contributed by atoms with Gasteiger partial charge in [0.2, 0.25) is 11.0 Å². The van der Waals surface area contributed by atoms with E-state index in [9.17, 15) is 9.59 Å². The Bertz CT molecular complexity index is 442. The highest BCUT2D eigenvalue weighted by molar-refractivity contribution is 8.14. The van der Waals surface area contributed by atoms with Crippen molar-refractivity contribution in [3.05, 3.63) is 42.0 Å². The highest BCUT2D eigenvalue weighted by atomic mass is 32.2. The summed E-state index contributed by atoms with van der Waals surface area (Å²) in [5.74, 6) is 0.585. The topological polar surface area (TPSA) is 46.2 Å². The van der Waals surface area contributed by atoms with Crippen LogP contribution in [0.25, 0.3) is 6.08 Å². The van der Waals surface area contributed by atoms with Gasteiger partial charge in [0.1, 0.15) is 0 Å². The molecule has 17 heavy (non-hydrogen) atoms. The van der Waals surface area contributed by atoms with Crippen molar-refractivity contribution in [2.24, 2.45) is 0 Å². The molecule has 1 fully saturated rings. The fourth-order valence-corrected chi connectivity index (χ4v) is 2.52. The van der Waals surface area contributed by atoms with Crippen LogP contribution in [0.3, 0.4) is 0 Å². The Balaban J connectivity index is 1.89. The maximum absolute atomic E-state index is 11.6. The van der Waals surface area contributed by atoms with Crippen LogP contribution < -0.4 is 5.32 Å². The number of nitrogens with one attached hydrogen (secondary N) is 1. The van der Waals surface area contributed by atoms with Gasteiger partial charge in [0.15, 0.2) is 0 Å². The second-order valence-corrected chi connectivity index (χ2v) is 4.86. The largest absolute Gasteiger partial charge is 0.342 e. The first kappa shape index (κ1) is 11.9. The molecule has 1 aromatic carbocycles. The molecule has 0 unspecified atom stereocenters. The molecule has 1 saturated heterocycles. The Morgan fingerprint density at radius 1 is 1.35 bits per heavy atom. The number of carbonyl (C=O) groups excluding carboxylic acids is 2. The number of amides is 1. The van der Waals surface area contributed by atoms with Crippen LogP contribution in [0.5, 0.6) is 0 Å². The van der Waals surface area contributed by atoms with Gasteiger partial charge in [-0.2, -0.15) is 0 Å². The lowest BCUT2D eigenvalue weighted by Gasteiger charge is -2.06.